The van der Waals surface area contributed by atoms with Gasteiger partial charge in [-0.1, -0.05) is 11.6 Å². The molecule has 0 spiro atoms. The Morgan fingerprint density at radius 1 is 1.30 bits per heavy atom. The Morgan fingerprint density at radius 2 is 1.96 bits per heavy atom. The van der Waals surface area contributed by atoms with Crippen LogP contribution < -0.4 is 9.64 Å². The Hall–Kier alpha value is -2.75. The number of nitriles is 1. The Balaban J connectivity index is 2.18. The lowest BCUT2D eigenvalue weighted by Crippen LogP contribution is -2.54. The third-order valence-corrected chi connectivity index (χ3v) is 4.89. The zero-order valence-corrected chi connectivity index (χ0v) is 15.6. The molecule has 0 radical (unpaired) electrons. The van der Waals surface area contributed by atoms with Crippen molar-refractivity contribution in [3.05, 3.63) is 58.6 Å². The van der Waals surface area contributed by atoms with E-state index in [1.165, 1.54) is 0 Å². The summed E-state index contributed by atoms with van der Waals surface area (Å²) in [7, 11) is 0. The smallest absolute Gasteiger partial charge is 0.323 e. The van der Waals surface area contributed by atoms with Crippen molar-refractivity contribution < 1.29 is 19.7 Å². The molecule has 6 nitrogen and oxygen atoms in total. The average molecular weight is 387 g/mol. The average Bonchev–Trinajstić information content (AvgIpc) is 2.61. The van der Waals surface area contributed by atoms with E-state index in [0.29, 0.717) is 27.6 Å². The highest BCUT2D eigenvalue weighted by atomic mass is 35.5. The van der Waals surface area contributed by atoms with E-state index in [4.69, 9.17) is 16.3 Å². The van der Waals surface area contributed by atoms with Crippen molar-refractivity contribution in [3.63, 3.8) is 0 Å². The molecule has 0 saturated carbocycles. The van der Waals surface area contributed by atoms with E-state index in [1.54, 1.807) is 61.2 Å². The van der Waals surface area contributed by atoms with E-state index in [-0.39, 0.29) is 6.54 Å². The summed E-state index contributed by atoms with van der Waals surface area (Å²) in [6, 6.07) is 13.0. The molecule has 1 aliphatic rings. The number of nitrogens with zero attached hydrogens (tertiary/aromatic N) is 2. The highest BCUT2D eigenvalue weighted by Gasteiger charge is 2.46. The number of carboxylic acids is 1. The van der Waals surface area contributed by atoms with Crippen LogP contribution in [0.2, 0.25) is 5.02 Å². The number of aliphatic carboxylic acids is 1. The number of hydrogen-bond acceptors (Lipinski definition) is 5. The van der Waals surface area contributed by atoms with Crippen LogP contribution in [0.15, 0.2) is 42.5 Å². The SMILES string of the molecule is CC1(C)Oc2ccc(C#N)cc2[C@H](N(CC(=O)O)c2ccc(Cl)cc2)[C@H]1O. The number of fused-ring (bicyclic) bond motifs is 1. The molecule has 0 bridgehead atoms. The first kappa shape index (κ1) is 19.0. The van der Waals surface area contributed by atoms with E-state index in [2.05, 4.69) is 6.07 Å². The van der Waals surface area contributed by atoms with Crippen molar-refractivity contribution in [2.24, 2.45) is 0 Å². The minimum atomic E-state index is -1.04. The summed E-state index contributed by atoms with van der Waals surface area (Å²) < 4.78 is 5.92. The third kappa shape index (κ3) is 3.70. The summed E-state index contributed by atoms with van der Waals surface area (Å²) in [6.07, 6.45) is -1.03. The van der Waals surface area contributed by atoms with Crippen LogP contribution in [0.4, 0.5) is 5.69 Å². The second kappa shape index (κ2) is 7.10. The fraction of sp³-hybridized carbons (Fsp3) is 0.300. The van der Waals surface area contributed by atoms with Gasteiger partial charge in [-0.15, -0.1) is 0 Å². The van der Waals surface area contributed by atoms with E-state index >= 15 is 0 Å². The molecule has 2 aromatic rings. The van der Waals surface area contributed by atoms with E-state index in [0.717, 1.165) is 0 Å². The minimum Gasteiger partial charge on any atom is -0.485 e. The lowest BCUT2D eigenvalue weighted by atomic mass is 9.84. The molecule has 0 unspecified atom stereocenters. The first-order chi connectivity index (χ1) is 12.7. The van der Waals surface area contributed by atoms with Gasteiger partial charge in [0.25, 0.3) is 0 Å². The maximum Gasteiger partial charge on any atom is 0.323 e. The molecule has 0 aromatic heterocycles. The molecule has 7 heteroatoms. The number of hydrogen-bond donors (Lipinski definition) is 2. The Kier molecular flexibility index (Phi) is 5.01. The number of rotatable bonds is 4. The van der Waals surface area contributed by atoms with Crippen LogP contribution in [0, 0.1) is 11.3 Å². The fourth-order valence-corrected chi connectivity index (χ4v) is 3.43. The summed E-state index contributed by atoms with van der Waals surface area (Å²) in [5.74, 6) is -0.530. The van der Waals surface area contributed by atoms with Gasteiger partial charge in [-0.2, -0.15) is 5.26 Å². The molecule has 140 valence electrons. The Morgan fingerprint density at radius 3 is 2.56 bits per heavy atom. The maximum atomic E-state index is 11.6. The lowest BCUT2D eigenvalue weighted by molar-refractivity contribution is -0.135. The third-order valence-electron chi connectivity index (χ3n) is 4.64. The van der Waals surface area contributed by atoms with Crippen molar-refractivity contribution in [1.29, 1.82) is 5.26 Å². The summed E-state index contributed by atoms with van der Waals surface area (Å²) in [5, 5.41) is 30.3. The Bertz CT molecular complexity index is 905. The van der Waals surface area contributed by atoms with E-state index < -0.39 is 23.7 Å². The largest absolute Gasteiger partial charge is 0.485 e. The molecule has 0 aliphatic carbocycles. The molecule has 0 saturated heterocycles. The molecule has 1 heterocycles. The monoisotopic (exact) mass is 386 g/mol. The minimum absolute atomic E-state index is 0.338. The lowest BCUT2D eigenvalue weighted by Gasteiger charge is -2.46. The van der Waals surface area contributed by atoms with Crippen LogP contribution in [0.3, 0.4) is 0 Å². The Labute approximate surface area is 162 Å². The molecule has 2 atom stereocenters. The summed E-state index contributed by atoms with van der Waals surface area (Å²) in [6.45, 7) is 3.15. The molecule has 1 aliphatic heterocycles. The zero-order valence-electron chi connectivity index (χ0n) is 14.9. The number of aliphatic hydroxyl groups excluding tert-OH is 1. The first-order valence-electron chi connectivity index (χ1n) is 8.38. The molecular formula is C20H19ClN2O4. The van der Waals surface area contributed by atoms with Crippen molar-refractivity contribution in [3.8, 4) is 11.8 Å². The van der Waals surface area contributed by atoms with Crippen LogP contribution in [0.25, 0.3) is 0 Å². The van der Waals surface area contributed by atoms with Crippen molar-refractivity contribution in [2.45, 2.75) is 31.6 Å². The number of aliphatic hydroxyl groups is 1. The van der Waals surface area contributed by atoms with Crippen molar-refractivity contribution >= 4 is 23.3 Å². The number of anilines is 1. The number of carbonyl (C=O) groups is 1. The van der Waals surface area contributed by atoms with Crippen LogP contribution in [0.5, 0.6) is 5.75 Å². The van der Waals surface area contributed by atoms with Crippen LogP contribution in [0.1, 0.15) is 31.0 Å². The van der Waals surface area contributed by atoms with Gasteiger partial charge in [0, 0.05) is 16.3 Å². The van der Waals surface area contributed by atoms with Gasteiger partial charge >= 0.3 is 5.97 Å². The molecule has 27 heavy (non-hydrogen) atoms. The van der Waals surface area contributed by atoms with Crippen LogP contribution in [-0.2, 0) is 4.79 Å². The standard InChI is InChI=1S/C20H19ClN2O4/c1-20(2)19(26)18(15-9-12(10-22)3-8-16(15)27-20)23(11-17(24)25)14-6-4-13(21)5-7-14/h3-9,18-19,26H,11H2,1-2H3,(H,24,25)/t18-,19+/m0/s1. The highest BCUT2D eigenvalue weighted by Crippen LogP contribution is 2.44. The fourth-order valence-electron chi connectivity index (χ4n) is 3.30. The number of benzene rings is 2. The van der Waals surface area contributed by atoms with Crippen molar-refractivity contribution in [2.75, 3.05) is 11.4 Å². The van der Waals surface area contributed by atoms with Gasteiger partial charge in [0.1, 0.15) is 24.0 Å². The molecular weight excluding hydrogens is 368 g/mol. The quantitative estimate of drug-likeness (QED) is 0.836. The van der Waals surface area contributed by atoms with Crippen LogP contribution >= 0.6 is 11.6 Å². The van der Waals surface area contributed by atoms with Gasteiger partial charge in [-0.05, 0) is 56.3 Å². The molecule has 0 fully saturated rings. The summed E-state index contributed by atoms with van der Waals surface area (Å²) in [5.41, 5.74) is 0.615. The number of ether oxygens (including phenoxy) is 1. The van der Waals surface area contributed by atoms with Gasteiger partial charge < -0.3 is 19.8 Å². The predicted octanol–water partition coefficient (Wildman–Crippen LogP) is 3.38. The van der Waals surface area contributed by atoms with Gasteiger partial charge in [-0.3, -0.25) is 4.79 Å². The zero-order chi connectivity index (χ0) is 19.8. The van der Waals surface area contributed by atoms with Gasteiger partial charge in [0.05, 0.1) is 17.7 Å². The highest BCUT2D eigenvalue weighted by molar-refractivity contribution is 6.30. The van der Waals surface area contributed by atoms with Crippen LogP contribution in [-0.4, -0.2) is 34.4 Å². The normalized spacial score (nSPS) is 20.1. The van der Waals surface area contributed by atoms with Gasteiger partial charge in [-0.25, -0.2) is 0 Å². The number of halogens is 1. The second-order valence-electron chi connectivity index (χ2n) is 6.96. The molecule has 2 aromatic carbocycles. The molecule has 3 rings (SSSR count). The topological polar surface area (TPSA) is 93.8 Å². The maximum absolute atomic E-state index is 11.6. The number of carboxylic acid groups (broad SMARTS) is 1. The molecule has 2 N–H and O–H groups in total. The first-order valence-corrected chi connectivity index (χ1v) is 8.76. The van der Waals surface area contributed by atoms with E-state index in [9.17, 15) is 20.3 Å². The summed E-state index contributed by atoms with van der Waals surface area (Å²) >= 11 is 5.96. The molecule has 0 amide bonds. The van der Waals surface area contributed by atoms with Crippen molar-refractivity contribution in [1.82, 2.24) is 0 Å². The van der Waals surface area contributed by atoms with Gasteiger partial charge in [0.2, 0.25) is 0 Å². The predicted molar refractivity (Wildman–Crippen MR) is 101 cm³/mol. The summed E-state index contributed by atoms with van der Waals surface area (Å²) in [4.78, 5) is 13.2. The van der Waals surface area contributed by atoms with Gasteiger partial charge in [0.15, 0.2) is 0 Å². The van der Waals surface area contributed by atoms with E-state index in [1.807, 2.05) is 0 Å². The second-order valence-corrected chi connectivity index (χ2v) is 7.39.